The average molecular weight is 379 g/mol. The van der Waals surface area contributed by atoms with Crippen LogP contribution in [0.3, 0.4) is 0 Å². The standard InChI is InChI=1S/C15H28N2O3S2.C2H6/c1-14(2)7-6-8-17-15(18)20-11-5-4-10-19-13-22-21-12-9-16-3;1-2/h14,16H,4-5,8-13H2,1-3H3,(H,17,18);1-2H3. The first-order valence-electron chi connectivity index (χ1n) is 8.52. The molecule has 0 aromatic heterocycles. The van der Waals surface area contributed by atoms with Gasteiger partial charge in [-0.25, -0.2) is 4.79 Å². The molecule has 24 heavy (non-hydrogen) atoms. The summed E-state index contributed by atoms with van der Waals surface area (Å²) in [6, 6.07) is 0. The molecule has 0 radical (unpaired) electrons. The Morgan fingerprint density at radius 2 is 1.88 bits per heavy atom. The molecule has 0 atom stereocenters. The maximum absolute atomic E-state index is 11.3. The van der Waals surface area contributed by atoms with E-state index in [0.717, 1.165) is 25.1 Å². The van der Waals surface area contributed by atoms with E-state index in [1.807, 2.05) is 34.7 Å². The van der Waals surface area contributed by atoms with Crippen molar-refractivity contribution in [3.05, 3.63) is 0 Å². The Morgan fingerprint density at radius 3 is 2.54 bits per heavy atom. The smallest absolute Gasteiger partial charge is 0.407 e. The molecule has 142 valence electrons. The predicted molar refractivity (Wildman–Crippen MR) is 107 cm³/mol. The molecule has 0 aliphatic heterocycles. The number of alkyl carbamates (subject to hydrolysis) is 1. The Morgan fingerprint density at radius 1 is 1.17 bits per heavy atom. The third-order valence-electron chi connectivity index (χ3n) is 2.28. The molecule has 0 unspecified atom stereocenters. The van der Waals surface area contributed by atoms with Crippen LogP contribution >= 0.6 is 21.6 Å². The van der Waals surface area contributed by atoms with Gasteiger partial charge in [-0.2, -0.15) is 0 Å². The van der Waals surface area contributed by atoms with Crippen molar-refractivity contribution in [2.75, 3.05) is 45.0 Å². The molecular formula is C17H34N2O3S2. The Bertz CT molecular complexity index is 332. The normalized spacial score (nSPS) is 9.58. The van der Waals surface area contributed by atoms with Crippen LogP contribution in [0.25, 0.3) is 0 Å². The summed E-state index contributed by atoms with van der Waals surface area (Å²) in [6.07, 6.45) is 1.29. The van der Waals surface area contributed by atoms with Gasteiger partial charge >= 0.3 is 6.09 Å². The number of unbranched alkanes of at least 4 members (excludes halogenated alkanes) is 1. The molecule has 2 N–H and O–H groups in total. The van der Waals surface area contributed by atoms with E-state index in [1.54, 1.807) is 21.6 Å². The van der Waals surface area contributed by atoms with E-state index in [4.69, 9.17) is 9.47 Å². The Kier molecular flexibility index (Phi) is 24.0. The number of carbonyl (C=O) groups is 1. The fourth-order valence-electron chi connectivity index (χ4n) is 1.22. The SMILES string of the molecule is CC.CNCCSSCOCCCCOC(=O)NCC#CC(C)C. The highest BCUT2D eigenvalue weighted by Crippen LogP contribution is 2.20. The van der Waals surface area contributed by atoms with Crippen LogP contribution < -0.4 is 10.6 Å². The summed E-state index contributed by atoms with van der Waals surface area (Å²) in [6.45, 7) is 10.5. The third-order valence-corrected chi connectivity index (χ3v) is 4.37. The largest absolute Gasteiger partial charge is 0.450 e. The lowest BCUT2D eigenvalue weighted by Crippen LogP contribution is -2.25. The molecule has 0 aromatic rings. The number of carbonyl (C=O) groups excluding carboxylic acids is 1. The van der Waals surface area contributed by atoms with Crippen molar-refractivity contribution in [1.29, 1.82) is 0 Å². The van der Waals surface area contributed by atoms with E-state index >= 15 is 0 Å². The van der Waals surface area contributed by atoms with E-state index in [-0.39, 0.29) is 0 Å². The van der Waals surface area contributed by atoms with Crippen molar-refractivity contribution in [3.63, 3.8) is 0 Å². The van der Waals surface area contributed by atoms with Crippen molar-refractivity contribution >= 4 is 27.7 Å². The number of ether oxygens (including phenoxy) is 2. The molecule has 0 aromatic carbocycles. The summed E-state index contributed by atoms with van der Waals surface area (Å²) in [5.74, 6) is 7.93. The number of nitrogens with one attached hydrogen (secondary N) is 2. The molecule has 0 spiro atoms. The molecule has 0 rings (SSSR count). The van der Waals surface area contributed by atoms with Crippen LogP contribution in [0.4, 0.5) is 4.79 Å². The van der Waals surface area contributed by atoms with Crippen molar-refractivity contribution < 1.29 is 14.3 Å². The van der Waals surface area contributed by atoms with Gasteiger partial charge in [-0.15, -0.1) is 0 Å². The van der Waals surface area contributed by atoms with Gasteiger partial charge < -0.3 is 20.1 Å². The van der Waals surface area contributed by atoms with Gasteiger partial charge in [-0.3, -0.25) is 0 Å². The minimum atomic E-state index is -0.407. The number of rotatable bonds is 12. The zero-order chi connectivity index (χ0) is 18.5. The highest BCUT2D eigenvalue weighted by molar-refractivity contribution is 8.76. The third kappa shape index (κ3) is 23.7. The highest BCUT2D eigenvalue weighted by Gasteiger charge is 1.99. The quantitative estimate of drug-likeness (QED) is 0.233. The van der Waals surface area contributed by atoms with Crippen LogP contribution in [0.2, 0.25) is 0 Å². The first-order valence-corrected chi connectivity index (χ1v) is 11.0. The minimum Gasteiger partial charge on any atom is -0.450 e. The average Bonchev–Trinajstić information content (AvgIpc) is 2.58. The van der Waals surface area contributed by atoms with E-state index in [0.29, 0.717) is 31.6 Å². The van der Waals surface area contributed by atoms with E-state index in [1.165, 1.54) is 0 Å². The molecular weight excluding hydrogens is 344 g/mol. The van der Waals surface area contributed by atoms with Crippen LogP contribution in [-0.4, -0.2) is 51.1 Å². The summed E-state index contributed by atoms with van der Waals surface area (Å²) in [5, 5.41) is 5.69. The summed E-state index contributed by atoms with van der Waals surface area (Å²) >= 11 is 0. The van der Waals surface area contributed by atoms with Gasteiger partial charge in [0.1, 0.15) is 5.94 Å². The summed E-state index contributed by atoms with van der Waals surface area (Å²) in [4.78, 5) is 11.3. The van der Waals surface area contributed by atoms with Crippen LogP contribution in [0.5, 0.6) is 0 Å². The van der Waals surface area contributed by atoms with Crippen LogP contribution in [0, 0.1) is 17.8 Å². The molecule has 0 saturated carbocycles. The maximum atomic E-state index is 11.3. The van der Waals surface area contributed by atoms with Gasteiger partial charge in [0.15, 0.2) is 0 Å². The monoisotopic (exact) mass is 378 g/mol. The van der Waals surface area contributed by atoms with E-state index in [9.17, 15) is 4.79 Å². The Labute approximate surface area is 156 Å². The predicted octanol–water partition coefficient (Wildman–Crippen LogP) is 3.75. The molecule has 0 bridgehead atoms. The summed E-state index contributed by atoms with van der Waals surface area (Å²) in [5.41, 5.74) is 0. The van der Waals surface area contributed by atoms with Crippen LogP contribution in [-0.2, 0) is 9.47 Å². The molecule has 1 amide bonds. The van der Waals surface area contributed by atoms with E-state index < -0.39 is 6.09 Å². The number of amides is 1. The highest BCUT2D eigenvalue weighted by atomic mass is 33.1. The lowest BCUT2D eigenvalue weighted by Gasteiger charge is -2.06. The van der Waals surface area contributed by atoms with Gasteiger partial charge in [-0.1, -0.05) is 61.1 Å². The molecule has 5 nitrogen and oxygen atoms in total. The topological polar surface area (TPSA) is 59.6 Å². The zero-order valence-corrected chi connectivity index (χ0v) is 17.4. The first-order chi connectivity index (χ1) is 11.7. The lowest BCUT2D eigenvalue weighted by atomic mass is 10.2. The molecule has 7 heteroatoms. The fourth-order valence-corrected chi connectivity index (χ4v) is 2.89. The summed E-state index contributed by atoms with van der Waals surface area (Å²) in [7, 11) is 5.47. The van der Waals surface area contributed by atoms with Crippen LogP contribution in [0.1, 0.15) is 40.5 Å². The summed E-state index contributed by atoms with van der Waals surface area (Å²) < 4.78 is 10.5. The van der Waals surface area contributed by atoms with Gasteiger partial charge in [0.2, 0.25) is 0 Å². The van der Waals surface area contributed by atoms with Crippen molar-refractivity contribution in [2.24, 2.45) is 5.92 Å². The Hall–Kier alpha value is -0.550. The second-order valence-electron chi connectivity index (χ2n) is 4.74. The van der Waals surface area contributed by atoms with Gasteiger partial charge in [-0.05, 0) is 19.9 Å². The number of hydrogen-bond donors (Lipinski definition) is 2. The molecule has 0 heterocycles. The van der Waals surface area contributed by atoms with Crippen molar-refractivity contribution in [2.45, 2.75) is 40.5 Å². The molecule has 0 fully saturated rings. The first kappa shape index (κ1) is 25.7. The van der Waals surface area contributed by atoms with Crippen molar-refractivity contribution in [1.82, 2.24) is 10.6 Å². The van der Waals surface area contributed by atoms with Crippen LogP contribution in [0.15, 0.2) is 0 Å². The molecule has 0 aliphatic rings. The zero-order valence-electron chi connectivity index (χ0n) is 15.8. The van der Waals surface area contributed by atoms with Gasteiger partial charge in [0.05, 0.1) is 13.2 Å². The van der Waals surface area contributed by atoms with Gasteiger partial charge in [0, 0.05) is 24.8 Å². The minimum absolute atomic E-state index is 0.317. The van der Waals surface area contributed by atoms with Gasteiger partial charge in [0.25, 0.3) is 0 Å². The number of hydrogen-bond acceptors (Lipinski definition) is 6. The fraction of sp³-hybridized carbons (Fsp3) is 0.824. The second-order valence-corrected chi connectivity index (χ2v) is 7.27. The maximum Gasteiger partial charge on any atom is 0.407 e. The second kappa shape index (κ2) is 22.4. The van der Waals surface area contributed by atoms with Crippen molar-refractivity contribution in [3.8, 4) is 11.8 Å². The van der Waals surface area contributed by atoms with E-state index in [2.05, 4.69) is 22.5 Å². The Balaban J connectivity index is 0. The molecule has 0 aliphatic carbocycles. The molecule has 0 saturated heterocycles. The lowest BCUT2D eigenvalue weighted by molar-refractivity contribution is 0.134.